The number of hydrogen-bond donors (Lipinski definition) is 0. The zero-order valence-electron chi connectivity index (χ0n) is 9.86. The monoisotopic (exact) mass is 227 g/mol. The maximum atomic E-state index is 11.5. The van der Waals surface area contributed by atoms with Gasteiger partial charge in [-0.3, -0.25) is 0 Å². The fourth-order valence-electron chi connectivity index (χ4n) is 1.49. The largest absolute Gasteiger partial charge is 0.421 e. The summed E-state index contributed by atoms with van der Waals surface area (Å²) in [7, 11) is 0. The maximum absolute atomic E-state index is 11.5. The van der Waals surface area contributed by atoms with Crippen molar-refractivity contribution in [2.24, 2.45) is 0 Å². The predicted octanol–water partition coefficient (Wildman–Crippen LogP) is 3.02. The van der Waals surface area contributed by atoms with Crippen molar-refractivity contribution < 1.29 is 9.53 Å². The first-order valence-electron chi connectivity index (χ1n) is 5.32. The van der Waals surface area contributed by atoms with E-state index in [0.29, 0.717) is 16.8 Å². The molecule has 0 atom stereocenters. The van der Waals surface area contributed by atoms with Crippen LogP contribution in [-0.4, -0.2) is 11.0 Å². The second-order valence-corrected chi connectivity index (χ2v) is 3.95. The van der Waals surface area contributed by atoms with Crippen molar-refractivity contribution >= 4 is 16.9 Å². The summed E-state index contributed by atoms with van der Waals surface area (Å²) in [6.45, 7) is 7.07. The van der Waals surface area contributed by atoms with Crippen molar-refractivity contribution in [3.63, 3.8) is 0 Å². The van der Waals surface area contributed by atoms with Crippen LogP contribution in [0.3, 0.4) is 0 Å². The molecule has 0 aliphatic rings. The number of aryl methyl sites for hydroxylation is 1. The summed E-state index contributed by atoms with van der Waals surface area (Å²) in [5, 5.41) is 0.947. The lowest BCUT2D eigenvalue weighted by Crippen LogP contribution is -2.08. The van der Waals surface area contributed by atoms with Crippen LogP contribution in [0.2, 0.25) is 0 Å². The van der Waals surface area contributed by atoms with Gasteiger partial charge >= 0.3 is 5.97 Å². The van der Waals surface area contributed by atoms with Crippen molar-refractivity contribution in [2.45, 2.75) is 13.8 Å². The van der Waals surface area contributed by atoms with Gasteiger partial charge in [0.15, 0.2) is 5.75 Å². The summed E-state index contributed by atoms with van der Waals surface area (Å²) in [5.41, 5.74) is 1.95. The topological polar surface area (TPSA) is 39.2 Å². The molecular weight excluding hydrogens is 214 g/mol. The number of aromatic nitrogens is 1. The molecule has 17 heavy (non-hydrogen) atoms. The molecule has 1 heterocycles. The molecule has 0 spiro atoms. The molecule has 0 unspecified atom stereocenters. The van der Waals surface area contributed by atoms with Crippen molar-refractivity contribution in [1.82, 2.24) is 4.98 Å². The van der Waals surface area contributed by atoms with E-state index in [9.17, 15) is 4.79 Å². The van der Waals surface area contributed by atoms with Crippen LogP contribution in [0.5, 0.6) is 5.75 Å². The number of pyridine rings is 1. The van der Waals surface area contributed by atoms with Gasteiger partial charge < -0.3 is 4.74 Å². The van der Waals surface area contributed by atoms with Crippen LogP contribution in [0, 0.1) is 6.92 Å². The Morgan fingerprint density at radius 3 is 2.76 bits per heavy atom. The van der Waals surface area contributed by atoms with Gasteiger partial charge in [0.05, 0.1) is 0 Å². The van der Waals surface area contributed by atoms with Gasteiger partial charge in [0, 0.05) is 16.7 Å². The number of benzene rings is 1. The zero-order valence-corrected chi connectivity index (χ0v) is 9.86. The Morgan fingerprint density at radius 1 is 1.29 bits per heavy atom. The number of carbonyl (C=O) groups excluding carboxylic acids is 1. The number of ether oxygens (including phenoxy) is 1. The Bertz CT molecular complexity index is 602. The summed E-state index contributed by atoms with van der Waals surface area (Å²) in [5.74, 6) is 0.0417. The highest BCUT2D eigenvalue weighted by Crippen LogP contribution is 2.24. The van der Waals surface area contributed by atoms with Gasteiger partial charge in [-0.1, -0.05) is 24.8 Å². The molecule has 0 N–H and O–H groups in total. The molecule has 1 aromatic carbocycles. The van der Waals surface area contributed by atoms with Crippen LogP contribution >= 0.6 is 0 Å². The van der Waals surface area contributed by atoms with Gasteiger partial charge in [-0.2, -0.15) is 0 Å². The lowest BCUT2D eigenvalue weighted by atomic mass is 10.2. The molecule has 0 aliphatic heterocycles. The molecule has 3 nitrogen and oxygen atoms in total. The lowest BCUT2D eigenvalue weighted by Gasteiger charge is -2.07. The molecule has 2 rings (SSSR count). The van der Waals surface area contributed by atoms with E-state index >= 15 is 0 Å². The molecular formula is C14H13NO2. The number of carbonyl (C=O) groups is 1. The van der Waals surface area contributed by atoms with Crippen molar-refractivity contribution in [1.29, 1.82) is 0 Å². The normalized spacial score (nSPS) is 10.2. The van der Waals surface area contributed by atoms with Crippen molar-refractivity contribution in [3.05, 3.63) is 48.2 Å². The number of hydrogen-bond acceptors (Lipinski definition) is 3. The predicted molar refractivity (Wildman–Crippen MR) is 66.9 cm³/mol. The molecule has 86 valence electrons. The van der Waals surface area contributed by atoms with Gasteiger partial charge in [0.2, 0.25) is 0 Å². The molecule has 0 radical (unpaired) electrons. The number of nitrogens with zero attached hydrogens (tertiary/aromatic N) is 1. The number of esters is 1. The van der Waals surface area contributed by atoms with Crippen LogP contribution in [0.25, 0.3) is 10.9 Å². The Labute approximate surface area is 99.7 Å². The third-order valence-corrected chi connectivity index (χ3v) is 2.37. The van der Waals surface area contributed by atoms with E-state index in [1.165, 1.54) is 0 Å². The SMILES string of the molecule is C=C(C)C(=O)Oc1cccc2ccc(C)nc12. The summed E-state index contributed by atoms with van der Waals surface area (Å²) in [4.78, 5) is 15.9. The number of fused-ring (bicyclic) bond motifs is 1. The third kappa shape index (κ3) is 2.33. The Hall–Kier alpha value is -2.16. The van der Waals surface area contributed by atoms with Crippen LogP contribution < -0.4 is 4.74 Å². The second kappa shape index (κ2) is 4.37. The standard InChI is InChI=1S/C14H13NO2/c1-9(2)14(16)17-12-6-4-5-11-8-7-10(3)15-13(11)12/h4-8H,1H2,2-3H3. The minimum Gasteiger partial charge on any atom is -0.421 e. The van der Waals surface area contributed by atoms with E-state index in [2.05, 4.69) is 11.6 Å². The molecule has 0 bridgehead atoms. The number of rotatable bonds is 2. The van der Waals surface area contributed by atoms with E-state index in [1.807, 2.05) is 31.2 Å². The van der Waals surface area contributed by atoms with Gasteiger partial charge in [0.1, 0.15) is 5.52 Å². The lowest BCUT2D eigenvalue weighted by molar-refractivity contribution is -0.129. The highest BCUT2D eigenvalue weighted by atomic mass is 16.5. The van der Waals surface area contributed by atoms with E-state index in [1.54, 1.807) is 13.0 Å². The Kier molecular flexibility index (Phi) is 2.91. The first-order valence-corrected chi connectivity index (χ1v) is 5.32. The quantitative estimate of drug-likeness (QED) is 0.449. The molecule has 1 aromatic heterocycles. The fourth-order valence-corrected chi connectivity index (χ4v) is 1.49. The molecule has 0 fully saturated rings. The van der Waals surface area contributed by atoms with E-state index in [4.69, 9.17) is 4.74 Å². The molecule has 0 saturated heterocycles. The summed E-state index contributed by atoms with van der Waals surface area (Å²) in [6, 6.07) is 9.37. The molecule has 0 amide bonds. The van der Waals surface area contributed by atoms with Crippen LogP contribution in [0.4, 0.5) is 0 Å². The number of para-hydroxylation sites is 1. The van der Waals surface area contributed by atoms with Gasteiger partial charge in [-0.25, -0.2) is 9.78 Å². The van der Waals surface area contributed by atoms with Crippen molar-refractivity contribution in [2.75, 3.05) is 0 Å². The first-order chi connectivity index (χ1) is 8.08. The van der Waals surface area contributed by atoms with Crippen molar-refractivity contribution in [3.8, 4) is 5.75 Å². The van der Waals surface area contributed by atoms with E-state index < -0.39 is 5.97 Å². The smallest absolute Gasteiger partial charge is 0.338 e. The zero-order chi connectivity index (χ0) is 12.4. The third-order valence-electron chi connectivity index (χ3n) is 2.37. The molecule has 0 aliphatic carbocycles. The van der Waals surface area contributed by atoms with E-state index in [0.717, 1.165) is 11.1 Å². The van der Waals surface area contributed by atoms with Crippen LogP contribution in [-0.2, 0) is 4.79 Å². The summed E-state index contributed by atoms with van der Waals surface area (Å²) >= 11 is 0. The van der Waals surface area contributed by atoms with Gasteiger partial charge in [-0.05, 0) is 26.0 Å². The minimum absolute atomic E-state index is 0.370. The summed E-state index contributed by atoms with van der Waals surface area (Å²) in [6.07, 6.45) is 0. The molecule has 3 heteroatoms. The average Bonchev–Trinajstić information content (AvgIpc) is 2.29. The fraction of sp³-hybridized carbons (Fsp3) is 0.143. The van der Waals surface area contributed by atoms with Crippen LogP contribution in [0.1, 0.15) is 12.6 Å². The first kappa shape index (κ1) is 11.3. The van der Waals surface area contributed by atoms with Gasteiger partial charge in [-0.15, -0.1) is 0 Å². The second-order valence-electron chi connectivity index (χ2n) is 3.95. The van der Waals surface area contributed by atoms with Crippen LogP contribution in [0.15, 0.2) is 42.5 Å². The molecule has 0 saturated carbocycles. The van der Waals surface area contributed by atoms with E-state index in [-0.39, 0.29) is 0 Å². The Balaban J connectivity index is 2.50. The minimum atomic E-state index is -0.430. The highest BCUT2D eigenvalue weighted by molar-refractivity contribution is 5.92. The summed E-state index contributed by atoms with van der Waals surface area (Å²) < 4.78 is 5.24. The average molecular weight is 227 g/mol. The maximum Gasteiger partial charge on any atom is 0.338 e. The molecule has 2 aromatic rings. The Morgan fingerprint density at radius 2 is 2.06 bits per heavy atom. The highest BCUT2D eigenvalue weighted by Gasteiger charge is 2.09. The van der Waals surface area contributed by atoms with Gasteiger partial charge in [0.25, 0.3) is 0 Å².